The maximum Gasteiger partial charge on any atom is 0.230 e. The zero-order chi connectivity index (χ0) is 11.4. The van der Waals surface area contributed by atoms with Crippen molar-refractivity contribution in [1.29, 1.82) is 0 Å². The van der Waals surface area contributed by atoms with E-state index in [1.807, 2.05) is 35.7 Å². The number of thioether (sulfide) groups is 1. The molecule has 5 heteroatoms. The monoisotopic (exact) mass is 235 g/mol. The van der Waals surface area contributed by atoms with Gasteiger partial charge in [0.15, 0.2) is 5.16 Å². The summed E-state index contributed by atoms with van der Waals surface area (Å²) in [6, 6.07) is 5.91. The molecule has 1 N–H and O–H groups in total. The highest BCUT2D eigenvalue weighted by atomic mass is 32.2. The third-order valence-corrected chi connectivity index (χ3v) is 3.08. The van der Waals surface area contributed by atoms with Gasteiger partial charge in [-0.15, -0.1) is 0 Å². The van der Waals surface area contributed by atoms with Crippen molar-refractivity contribution in [2.75, 3.05) is 12.3 Å². The first-order valence-corrected chi connectivity index (χ1v) is 6.11. The lowest BCUT2D eigenvalue weighted by Crippen LogP contribution is -2.24. The van der Waals surface area contributed by atoms with Gasteiger partial charge in [-0.2, -0.15) is 0 Å². The largest absolute Gasteiger partial charge is 0.356 e. The fourth-order valence-electron chi connectivity index (χ4n) is 1.40. The Morgan fingerprint density at radius 1 is 1.56 bits per heavy atom. The van der Waals surface area contributed by atoms with Crippen LogP contribution in [0.2, 0.25) is 0 Å². The molecule has 0 fully saturated rings. The van der Waals surface area contributed by atoms with E-state index in [0.717, 1.165) is 10.7 Å². The molecule has 2 rings (SSSR count). The summed E-state index contributed by atoms with van der Waals surface area (Å²) in [5, 5.41) is 3.61. The third kappa shape index (κ3) is 2.36. The van der Waals surface area contributed by atoms with Crippen molar-refractivity contribution in [3.05, 3.63) is 30.6 Å². The van der Waals surface area contributed by atoms with Crippen molar-refractivity contribution in [3.63, 3.8) is 0 Å². The first-order chi connectivity index (χ1) is 7.81. The summed E-state index contributed by atoms with van der Waals surface area (Å²) in [6.07, 6.45) is 3.75. The van der Waals surface area contributed by atoms with Crippen LogP contribution in [0.25, 0.3) is 5.52 Å². The number of carbonyl (C=O) groups is 1. The van der Waals surface area contributed by atoms with Crippen molar-refractivity contribution in [2.45, 2.75) is 12.1 Å². The Bertz CT molecular complexity index is 495. The second-order valence-corrected chi connectivity index (χ2v) is 4.22. The van der Waals surface area contributed by atoms with Crippen molar-refractivity contribution >= 4 is 23.2 Å². The van der Waals surface area contributed by atoms with Crippen molar-refractivity contribution in [1.82, 2.24) is 14.7 Å². The molecule has 0 radical (unpaired) electrons. The highest BCUT2D eigenvalue weighted by Gasteiger charge is 2.06. The first-order valence-electron chi connectivity index (χ1n) is 5.13. The summed E-state index contributed by atoms with van der Waals surface area (Å²) in [5.41, 5.74) is 1.04. The number of hydrogen-bond donors (Lipinski definition) is 1. The van der Waals surface area contributed by atoms with Crippen LogP contribution in [0.5, 0.6) is 0 Å². The molecule has 2 heterocycles. The number of nitrogens with zero attached hydrogens (tertiary/aromatic N) is 2. The van der Waals surface area contributed by atoms with Crippen LogP contribution in [0.1, 0.15) is 6.92 Å². The summed E-state index contributed by atoms with van der Waals surface area (Å²) in [5.74, 6) is 0.446. The summed E-state index contributed by atoms with van der Waals surface area (Å²) in [4.78, 5) is 15.6. The smallest absolute Gasteiger partial charge is 0.230 e. The lowest BCUT2D eigenvalue weighted by Gasteiger charge is -2.01. The number of aromatic nitrogens is 2. The number of imidazole rings is 1. The van der Waals surface area contributed by atoms with Gasteiger partial charge in [0.25, 0.3) is 0 Å². The first kappa shape index (κ1) is 11.0. The molecule has 0 saturated heterocycles. The van der Waals surface area contributed by atoms with Crippen LogP contribution >= 0.6 is 11.8 Å². The van der Waals surface area contributed by atoms with Gasteiger partial charge in [0.1, 0.15) is 0 Å². The van der Waals surface area contributed by atoms with E-state index in [1.165, 1.54) is 11.8 Å². The molecule has 0 aromatic carbocycles. The van der Waals surface area contributed by atoms with Gasteiger partial charge in [-0.1, -0.05) is 17.8 Å². The number of pyridine rings is 1. The van der Waals surface area contributed by atoms with Crippen LogP contribution < -0.4 is 5.32 Å². The van der Waals surface area contributed by atoms with Gasteiger partial charge in [0.05, 0.1) is 17.5 Å². The molecule has 0 aliphatic carbocycles. The molecular formula is C11H13N3OS. The average molecular weight is 235 g/mol. The average Bonchev–Trinajstić information content (AvgIpc) is 2.70. The fourth-order valence-corrected chi connectivity index (χ4v) is 2.20. The predicted octanol–water partition coefficient (Wildman–Crippen LogP) is 1.56. The van der Waals surface area contributed by atoms with Gasteiger partial charge >= 0.3 is 0 Å². The fraction of sp³-hybridized carbons (Fsp3) is 0.273. The summed E-state index contributed by atoms with van der Waals surface area (Å²) < 4.78 is 1.98. The Kier molecular flexibility index (Phi) is 3.46. The Hall–Kier alpha value is -1.49. The lowest BCUT2D eigenvalue weighted by atomic mass is 10.4. The summed E-state index contributed by atoms with van der Waals surface area (Å²) >= 11 is 1.44. The number of carbonyl (C=O) groups excluding carboxylic acids is 1. The highest BCUT2D eigenvalue weighted by Crippen LogP contribution is 2.17. The summed E-state index contributed by atoms with van der Waals surface area (Å²) in [7, 11) is 0. The van der Waals surface area contributed by atoms with Gasteiger partial charge < -0.3 is 5.32 Å². The minimum absolute atomic E-state index is 0.0418. The molecule has 2 aromatic rings. The van der Waals surface area contributed by atoms with Crippen LogP contribution in [0.3, 0.4) is 0 Å². The number of fused-ring (bicyclic) bond motifs is 1. The molecule has 0 bridgehead atoms. The second-order valence-electron chi connectivity index (χ2n) is 3.28. The minimum atomic E-state index is 0.0418. The zero-order valence-electron chi connectivity index (χ0n) is 9.01. The van der Waals surface area contributed by atoms with Gasteiger partial charge in [-0.05, 0) is 19.1 Å². The molecule has 1 amide bonds. The van der Waals surface area contributed by atoms with E-state index in [4.69, 9.17) is 0 Å². The normalized spacial score (nSPS) is 10.6. The van der Waals surface area contributed by atoms with Crippen LogP contribution in [0.4, 0.5) is 0 Å². The second kappa shape index (κ2) is 5.03. The predicted molar refractivity (Wildman–Crippen MR) is 64.6 cm³/mol. The van der Waals surface area contributed by atoms with E-state index in [2.05, 4.69) is 10.3 Å². The summed E-state index contributed by atoms with van der Waals surface area (Å²) in [6.45, 7) is 2.58. The quantitative estimate of drug-likeness (QED) is 0.818. The Morgan fingerprint density at radius 2 is 2.44 bits per heavy atom. The van der Waals surface area contributed by atoms with E-state index >= 15 is 0 Å². The van der Waals surface area contributed by atoms with Crippen LogP contribution in [0.15, 0.2) is 35.7 Å². The van der Waals surface area contributed by atoms with E-state index < -0.39 is 0 Å². The molecule has 16 heavy (non-hydrogen) atoms. The van der Waals surface area contributed by atoms with Gasteiger partial charge in [0.2, 0.25) is 5.91 Å². The molecule has 84 valence electrons. The maximum atomic E-state index is 11.3. The zero-order valence-corrected chi connectivity index (χ0v) is 9.83. The van der Waals surface area contributed by atoms with Crippen molar-refractivity contribution < 1.29 is 4.79 Å². The van der Waals surface area contributed by atoms with E-state index in [1.54, 1.807) is 6.20 Å². The molecule has 2 aromatic heterocycles. The van der Waals surface area contributed by atoms with Gasteiger partial charge in [-0.25, -0.2) is 4.98 Å². The Labute approximate surface area is 98.1 Å². The molecule has 0 saturated carbocycles. The van der Waals surface area contributed by atoms with E-state index in [9.17, 15) is 4.79 Å². The third-order valence-electron chi connectivity index (χ3n) is 2.11. The molecule has 4 nitrogen and oxygen atoms in total. The molecule has 0 atom stereocenters. The standard InChI is InChI=1S/C11H13N3OS/c1-2-12-10(15)8-16-11-13-7-9-5-3-4-6-14(9)11/h3-7H,2,8H2,1H3,(H,12,15). The van der Waals surface area contributed by atoms with Crippen LogP contribution in [-0.2, 0) is 4.79 Å². The SMILES string of the molecule is CCNC(=O)CSc1ncc2ccccn12. The lowest BCUT2D eigenvalue weighted by molar-refractivity contribution is -0.118. The maximum absolute atomic E-state index is 11.3. The minimum Gasteiger partial charge on any atom is -0.356 e. The molecule has 0 aliphatic rings. The Morgan fingerprint density at radius 3 is 3.25 bits per heavy atom. The highest BCUT2D eigenvalue weighted by molar-refractivity contribution is 7.99. The molecule has 0 unspecified atom stereocenters. The number of hydrogen-bond acceptors (Lipinski definition) is 3. The van der Waals surface area contributed by atoms with E-state index in [0.29, 0.717) is 12.3 Å². The van der Waals surface area contributed by atoms with E-state index in [-0.39, 0.29) is 5.91 Å². The number of amides is 1. The molecule has 0 spiro atoms. The van der Waals surface area contributed by atoms with Gasteiger partial charge in [-0.3, -0.25) is 9.20 Å². The topological polar surface area (TPSA) is 46.4 Å². The van der Waals surface area contributed by atoms with Gasteiger partial charge in [0, 0.05) is 12.7 Å². The Balaban J connectivity index is 2.07. The van der Waals surface area contributed by atoms with Crippen molar-refractivity contribution in [3.8, 4) is 0 Å². The van der Waals surface area contributed by atoms with Crippen molar-refractivity contribution in [2.24, 2.45) is 0 Å². The van der Waals surface area contributed by atoms with Crippen LogP contribution in [0, 0.1) is 0 Å². The molecule has 0 aliphatic heterocycles. The van der Waals surface area contributed by atoms with Crippen LogP contribution in [-0.4, -0.2) is 27.6 Å². The molecular weight excluding hydrogens is 222 g/mol. The number of nitrogens with one attached hydrogen (secondary N) is 1. The number of rotatable bonds is 4.